The summed E-state index contributed by atoms with van der Waals surface area (Å²) in [6.45, 7) is 3.56. The molecule has 0 amide bonds. The summed E-state index contributed by atoms with van der Waals surface area (Å²) >= 11 is 0. The Morgan fingerprint density at radius 2 is 1.85 bits per heavy atom. The van der Waals surface area contributed by atoms with Gasteiger partial charge in [-0.05, 0) is 19.4 Å². The first kappa shape index (κ1) is 8.73. The third-order valence-corrected chi connectivity index (χ3v) is 2.32. The number of rotatable bonds is 2. The van der Waals surface area contributed by atoms with Crippen LogP contribution in [0.4, 0.5) is 0 Å². The minimum Gasteiger partial charge on any atom is -0.388 e. The van der Waals surface area contributed by atoms with Crippen LogP contribution < -0.4 is 0 Å². The lowest BCUT2D eigenvalue weighted by Gasteiger charge is -2.12. The molecular weight excluding hydrogens is 164 g/mol. The topological polar surface area (TPSA) is 32.8 Å². The van der Waals surface area contributed by atoms with Crippen LogP contribution in [0.1, 0.15) is 25.5 Å². The average Bonchev–Trinajstić information content (AvgIpc) is 2.83. The van der Waals surface area contributed by atoms with Crippen LogP contribution in [0, 0.1) is 0 Å². The molecule has 2 atom stereocenters. The summed E-state index contributed by atoms with van der Waals surface area (Å²) in [6, 6.07) is 9.99. The standard InChI is InChI=1S/C11H14O2/c1-11(2,12)10-9(13-10)8-6-4-3-5-7-8/h3-7,9-10,12H,1-2H3. The Morgan fingerprint density at radius 1 is 1.23 bits per heavy atom. The summed E-state index contributed by atoms with van der Waals surface area (Å²) in [5.74, 6) is 0. The number of epoxide rings is 1. The highest BCUT2D eigenvalue weighted by Gasteiger charge is 2.49. The van der Waals surface area contributed by atoms with E-state index >= 15 is 0 Å². The van der Waals surface area contributed by atoms with Gasteiger partial charge in [0.25, 0.3) is 0 Å². The van der Waals surface area contributed by atoms with E-state index in [0.717, 1.165) is 5.56 Å². The monoisotopic (exact) mass is 178 g/mol. The van der Waals surface area contributed by atoms with E-state index in [9.17, 15) is 5.11 Å². The first-order chi connectivity index (χ1) is 6.09. The Morgan fingerprint density at radius 3 is 2.31 bits per heavy atom. The van der Waals surface area contributed by atoms with Crippen molar-refractivity contribution in [3.63, 3.8) is 0 Å². The molecule has 2 heteroatoms. The van der Waals surface area contributed by atoms with Gasteiger partial charge in [-0.25, -0.2) is 0 Å². The third kappa shape index (κ3) is 1.74. The molecule has 70 valence electrons. The smallest absolute Gasteiger partial charge is 0.117 e. The molecular formula is C11H14O2. The van der Waals surface area contributed by atoms with Crippen molar-refractivity contribution in [3.05, 3.63) is 35.9 Å². The molecule has 1 heterocycles. The van der Waals surface area contributed by atoms with Crippen molar-refractivity contribution in [2.24, 2.45) is 0 Å². The molecule has 0 saturated carbocycles. The normalized spacial score (nSPS) is 27.3. The van der Waals surface area contributed by atoms with Gasteiger partial charge in [-0.2, -0.15) is 0 Å². The third-order valence-electron chi connectivity index (χ3n) is 2.32. The predicted molar refractivity (Wildman–Crippen MR) is 50.4 cm³/mol. The zero-order valence-corrected chi connectivity index (χ0v) is 7.90. The highest BCUT2D eigenvalue weighted by Crippen LogP contribution is 2.44. The quantitative estimate of drug-likeness (QED) is 0.701. The van der Waals surface area contributed by atoms with Gasteiger partial charge in [0, 0.05) is 0 Å². The van der Waals surface area contributed by atoms with E-state index in [1.54, 1.807) is 13.8 Å². The van der Waals surface area contributed by atoms with Crippen LogP contribution in [-0.4, -0.2) is 16.8 Å². The first-order valence-corrected chi connectivity index (χ1v) is 4.52. The maximum absolute atomic E-state index is 9.66. The molecule has 0 aliphatic carbocycles. The van der Waals surface area contributed by atoms with Crippen molar-refractivity contribution in [2.45, 2.75) is 31.7 Å². The summed E-state index contributed by atoms with van der Waals surface area (Å²) in [7, 11) is 0. The van der Waals surface area contributed by atoms with Gasteiger partial charge in [0.1, 0.15) is 12.2 Å². The van der Waals surface area contributed by atoms with Crippen molar-refractivity contribution in [1.29, 1.82) is 0 Å². The van der Waals surface area contributed by atoms with Gasteiger partial charge in [-0.3, -0.25) is 0 Å². The lowest BCUT2D eigenvalue weighted by Crippen LogP contribution is -2.26. The fourth-order valence-corrected chi connectivity index (χ4v) is 1.55. The molecule has 1 saturated heterocycles. The van der Waals surface area contributed by atoms with E-state index in [1.165, 1.54) is 0 Å². The van der Waals surface area contributed by atoms with Crippen LogP contribution in [-0.2, 0) is 4.74 Å². The predicted octanol–water partition coefficient (Wildman–Crippen LogP) is 1.90. The van der Waals surface area contributed by atoms with Crippen molar-refractivity contribution in [2.75, 3.05) is 0 Å². The summed E-state index contributed by atoms with van der Waals surface area (Å²) in [6.07, 6.45) is 0.0381. The molecule has 1 aliphatic rings. The van der Waals surface area contributed by atoms with Crippen LogP contribution >= 0.6 is 0 Å². The van der Waals surface area contributed by atoms with Gasteiger partial charge in [0.2, 0.25) is 0 Å². The molecule has 0 aromatic heterocycles. The number of ether oxygens (including phenoxy) is 1. The maximum atomic E-state index is 9.66. The molecule has 1 N–H and O–H groups in total. The van der Waals surface area contributed by atoms with Crippen LogP contribution in [0.15, 0.2) is 30.3 Å². The highest BCUT2D eigenvalue weighted by molar-refractivity contribution is 5.23. The second-order valence-corrected chi connectivity index (χ2v) is 4.04. The summed E-state index contributed by atoms with van der Waals surface area (Å²) in [4.78, 5) is 0. The zero-order valence-electron chi connectivity index (χ0n) is 7.90. The average molecular weight is 178 g/mol. The van der Waals surface area contributed by atoms with Gasteiger partial charge >= 0.3 is 0 Å². The molecule has 1 aliphatic heterocycles. The molecule has 1 aromatic carbocycles. The van der Waals surface area contributed by atoms with Crippen molar-refractivity contribution < 1.29 is 9.84 Å². The van der Waals surface area contributed by atoms with Crippen LogP contribution in [0.5, 0.6) is 0 Å². The molecule has 0 radical (unpaired) electrons. The molecule has 1 fully saturated rings. The number of aliphatic hydroxyl groups is 1. The summed E-state index contributed by atoms with van der Waals surface area (Å²) in [5, 5.41) is 9.66. The Balaban J connectivity index is 2.09. The summed E-state index contributed by atoms with van der Waals surface area (Å²) < 4.78 is 5.42. The molecule has 0 bridgehead atoms. The Kier molecular flexibility index (Phi) is 1.90. The lowest BCUT2D eigenvalue weighted by atomic mass is 9.99. The van der Waals surface area contributed by atoms with E-state index in [2.05, 4.69) is 0 Å². The van der Waals surface area contributed by atoms with Crippen LogP contribution in [0.3, 0.4) is 0 Å². The lowest BCUT2D eigenvalue weighted by molar-refractivity contribution is 0.0482. The Labute approximate surface area is 78.2 Å². The van der Waals surface area contributed by atoms with E-state index in [0.29, 0.717) is 0 Å². The van der Waals surface area contributed by atoms with Gasteiger partial charge in [-0.15, -0.1) is 0 Å². The van der Waals surface area contributed by atoms with Crippen molar-refractivity contribution in [1.82, 2.24) is 0 Å². The minimum atomic E-state index is -0.736. The largest absolute Gasteiger partial charge is 0.388 e. The van der Waals surface area contributed by atoms with Crippen LogP contribution in [0.25, 0.3) is 0 Å². The highest BCUT2D eigenvalue weighted by atomic mass is 16.6. The van der Waals surface area contributed by atoms with Gasteiger partial charge in [0.15, 0.2) is 0 Å². The van der Waals surface area contributed by atoms with E-state index < -0.39 is 5.60 Å². The SMILES string of the molecule is CC(C)(O)C1OC1c1ccccc1. The van der Waals surface area contributed by atoms with Crippen molar-refractivity contribution >= 4 is 0 Å². The molecule has 1 aromatic rings. The second kappa shape index (κ2) is 2.82. The number of hydrogen-bond acceptors (Lipinski definition) is 2. The van der Waals surface area contributed by atoms with E-state index in [-0.39, 0.29) is 12.2 Å². The van der Waals surface area contributed by atoms with Gasteiger partial charge < -0.3 is 9.84 Å². The molecule has 2 nitrogen and oxygen atoms in total. The van der Waals surface area contributed by atoms with Crippen LogP contribution in [0.2, 0.25) is 0 Å². The molecule has 2 rings (SSSR count). The minimum absolute atomic E-state index is 0.0464. The van der Waals surface area contributed by atoms with Crippen molar-refractivity contribution in [3.8, 4) is 0 Å². The second-order valence-electron chi connectivity index (χ2n) is 4.04. The van der Waals surface area contributed by atoms with E-state index in [1.807, 2.05) is 30.3 Å². The van der Waals surface area contributed by atoms with Gasteiger partial charge in [-0.1, -0.05) is 30.3 Å². The molecule has 2 unspecified atom stereocenters. The summed E-state index contributed by atoms with van der Waals surface area (Å²) in [5.41, 5.74) is 0.412. The first-order valence-electron chi connectivity index (χ1n) is 4.52. The fourth-order valence-electron chi connectivity index (χ4n) is 1.55. The number of benzene rings is 1. The van der Waals surface area contributed by atoms with E-state index in [4.69, 9.17) is 4.74 Å². The molecule has 0 spiro atoms. The molecule has 13 heavy (non-hydrogen) atoms. The Bertz CT molecular complexity index is 287. The maximum Gasteiger partial charge on any atom is 0.117 e. The number of hydrogen-bond donors (Lipinski definition) is 1. The van der Waals surface area contributed by atoms with Gasteiger partial charge in [0.05, 0.1) is 5.60 Å². The Hall–Kier alpha value is -0.860. The fraction of sp³-hybridized carbons (Fsp3) is 0.455. The zero-order chi connectivity index (χ0) is 9.47.